The number of hydrogen-bond donors (Lipinski definition) is 1. The molecule has 0 aliphatic heterocycles. The molecular weight excluding hydrogens is 300 g/mol. The van der Waals surface area contributed by atoms with Crippen LogP contribution in [-0.2, 0) is 0 Å². The molecule has 0 aliphatic rings. The topological polar surface area (TPSA) is 63.0 Å². The van der Waals surface area contributed by atoms with E-state index in [9.17, 15) is 4.79 Å². The Hall–Kier alpha value is -3.21. The Morgan fingerprint density at radius 2 is 1.83 bits per heavy atom. The molecule has 0 unspecified atom stereocenters. The summed E-state index contributed by atoms with van der Waals surface area (Å²) in [7, 11) is 0. The van der Waals surface area contributed by atoms with Gasteiger partial charge < -0.3 is 4.98 Å². The van der Waals surface area contributed by atoms with E-state index in [1.807, 2.05) is 56.3 Å². The van der Waals surface area contributed by atoms with Gasteiger partial charge in [0, 0.05) is 10.9 Å². The van der Waals surface area contributed by atoms with Crippen LogP contribution in [0.5, 0.6) is 0 Å². The van der Waals surface area contributed by atoms with Crippen LogP contribution in [0.2, 0.25) is 0 Å². The summed E-state index contributed by atoms with van der Waals surface area (Å²) < 4.78 is 1.25. The molecule has 5 nitrogen and oxygen atoms in total. The van der Waals surface area contributed by atoms with E-state index in [-0.39, 0.29) is 5.56 Å². The molecule has 0 atom stereocenters. The van der Waals surface area contributed by atoms with Crippen molar-refractivity contribution in [2.45, 2.75) is 13.8 Å². The number of benzene rings is 2. The number of hydrogen-bond acceptors (Lipinski definition) is 3. The van der Waals surface area contributed by atoms with E-state index in [2.05, 4.69) is 15.1 Å². The number of H-pyrrole nitrogens is 1. The van der Waals surface area contributed by atoms with E-state index in [4.69, 9.17) is 0 Å². The Kier molecular flexibility index (Phi) is 3.27. The summed E-state index contributed by atoms with van der Waals surface area (Å²) in [6.07, 6.45) is 3.12. The minimum absolute atomic E-state index is 0.211. The zero-order valence-electron chi connectivity index (χ0n) is 13.4. The van der Waals surface area contributed by atoms with Gasteiger partial charge in [-0.25, -0.2) is 4.98 Å². The molecule has 0 saturated carbocycles. The van der Waals surface area contributed by atoms with Crippen molar-refractivity contribution in [3.05, 3.63) is 75.8 Å². The van der Waals surface area contributed by atoms with E-state index in [0.29, 0.717) is 11.0 Å². The van der Waals surface area contributed by atoms with Crippen LogP contribution in [0.1, 0.15) is 16.7 Å². The molecule has 0 saturated heterocycles. The smallest absolute Gasteiger partial charge is 0.298 e. The molecule has 118 valence electrons. The standard InChI is InChI=1S/C19H16N4O/c1-12-3-6-14(7-4-12)10-21-23-11-20-17-15-9-13(2)5-8-16(15)22-18(17)19(23)24/h3-11,22H,1-2H3/b21-10-. The molecule has 2 aromatic carbocycles. The zero-order chi connectivity index (χ0) is 16.7. The summed E-state index contributed by atoms with van der Waals surface area (Å²) in [5.74, 6) is 0. The normalized spacial score (nSPS) is 11.8. The predicted molar refractivity (Wildman–Crippen MR) is 96.8 cm³/mol. The van der Waals surface area contributed by atoms with Gasteiger partial charge in [-0.15, -0.1) is 0 Å². The third kappa shape index (κ3) is 2.40. The van der Waals surface area contributed by atoms with E-state index in [1.165, 1.54) is 16.6 Å². The summed E-state index contributed by atoms with van der Waals surface area (Å²) in [5.41, 5.74) is 5.09. The highest BCUT2D eigenvalue weighted by atomic mass is 16.1. The molecule has 0 spiro atoms. The highest BCUT2D eigenvalue weighted by molar-refractivity contribution is 6.04. The van der Waals surface area contributed by atoms with E-state index >= 15 is 0 Å². The Morgan fingerprint density at radius 3 is 2.62 bits per heavy atom. The largest absolute Gasteiger partial charge is 0.349 e. The van der Waals surface area contributed by atoms with Crippen molar-refractivity contribution < 1.29 is 0 Å². The van der Waals surface area contributed by atoms with Crippen LogP contribution >= 0.6 is 0 Å². The van der Waals surface area contributed by atoms with Gasteiger partial charge in [0.2, 0.25) is 0 Å². The molecule has 0 aliphatic carbocycles. The second-order valence-corrected chi connectivity index (χ2v) is 5.95. The lowest BCUT2D eigenvalue weighted by Crippen LogP contribution is -2.17. The van der Waals surface area contributed by atoms with Crippen molar-refractivity contribution in [2.75, 3.05) is 0 Å². The minimum atomic E-state index is -0.211. The van der Waals surface area contributed by atoms with Crippen molar-refractivity contribution in [3.63, 3.8) is 0 Å². The van der Waals surface area contributed by atoms with Crippen LogP contribution in [0.4, 0.5) is 0 Å². The van der Waals surface area contributed by atoms with Crippen LogP contribution in [-0.4, -0.2) is 20.9 Å². The van der Waals surface area contributed by atoms with Crippen LogP contribution < -0.4 is 5.56 Å². The number of aryl methyl sites for hydroxylation is 2. The fraction of sp³-hybridized carbons (Fsp3) is 0.105. The van der Waals surface area contributed by atoms with Crippen LogP contribution in [0, 0.1) is 13.8 Å². The third-order valence-corrected chi connectivity index (χ3v) is 4.05. The third-order valence-electron chi connectivity index (χ3n) is 4.05. The van der Waals surface area contributed by atoms with E-state index in [1.54, 1.807) is 6.21 Å². The molecule has 2 aromatic heterocycles. The molecule has 5 heteroatoms. The van der Waals surface area contributed by atoms with Crippen LogP contribution in [0.15, 0.2) is 58.7 Å². The van der Waals surface area contributed by atoms with Gasteiger partial charge in [-0.3, -0.25) is 4.79 Å². The van der Waals surface area contributed by atoms with Gasteiger partial charge in [0.25, 0.3) is 5.56 Å². The zero-order valence-corrected chi connectivity index (χ0v) is 13.4. The van der Waals surface area contributed by atoms with Gasteiger partial charge >= 0.3 is 0 Å². The minimum Gasteiger partial charge on any atom is -0.349 e. The first-order valence-electron chi connectivity index (χ1n) is 7.72. The van der Waals surface area contributed by atoms with Crippen molar-refractivity contribution in [3.8, 4) is 0 Å². The molecule has 0 bridgehead atoms. The van der Waals surface area contributed by atoms with Gasteiger partial charge in [-0.05, 0) is 31.5 Å². The van der Waals surface area contributed by atoms with Crippen molar-refractivity contribution >= 4 is 28.2 Å². The molecule has 24 heavy (non-hydrogen) atoms. The maximum atomic E-state index is 12.6. The predicted octanol–water partition coefficient (Wildman–Crippen LogP) is 3.38. The van der Waals surface area contributed by atoms with Crippen molar-refractivity contribution in [1.29, 1.82) is 0 Å². The summed E-state index contributed by atoms with van der Waals surface area (Å²) in [6, 6.07) is 13.9. The summed E-state index contributed by atoms with van der Waals surface area (Å²) >= 11 is 0. The lowest BCUT2D eigenvalue weighted by Gasteiger charge is -1.98. The van der Waals surface area contributed by atoms with Gasteiger partial charge in [0.15, 0.2) is 0 Å². The average Bonchev–Trinajstić information content (AvgIpc) is 2.95. The average molecular weight is 316 g/mol. The lowest BCUT2D eigenvalue weighted by molar-refractivity contribution is 0.815. The highest BCUT2D eigenvalue weighted by Crippen LogP contribution is 2.22. The lowest BCUT2D eigenvalue weighted by atomic mass is 10.2. The summed E-state index contributed by atoms with van der Waals surface area (Å²) in [6.45, 7) is 4.05. The van der Waals surface area contributed by atoms with Gasteiger partial charge in [-0.2, -0.15) is 9.78 Å². The molecule has 4 rings (SSSR count). The first kappa shape index (κ1) is 14.4. The SMILES string of the molecule is Cc1ccc(/C=N\n2cnc3c([nH]c4ccc(C)cc43)c2=O)cc1. The van der Waals surface area contributed by atoms with Crippen molar-refractivity contribution in [1.82, 2.24) is 14.6 Å². The van der Waals surface area contributed by atoms with Crippen LogP contribution in [0.25, 0.3) is 21.9 Å². The molecule has 0 fully saturated rings. The number of fused-ring (bicyclic) bond motifs is 3. The summed E-state index contributed by atoms with van der Waals surface area (Å²) in [5, 5.41) is 5.20. The number of aromatic nitrogens is 3. The number of aromatic amines is 1. The monoisotopic (exact) mass is 316 g/mol. The quantitative estimate of drug-likeness (QED) is 0.576. The Labute approximate surface area is 138 Å². The number of nitrogens with zero attached hydrogens (tertiary/aromatic N) is 3. The second kappa shape index (κ2) is 5.45. The maximum Gasteiger partial charge on any atom is 0.298 e. The van der Waals surface area contributed by atoms with Gasteiger partial charge in [0.1, 0.15) is 17.4 Å². The first-order valence-corrected chi connectivity index (χ1v) is 7.72. The van der Waals surface area contributed by atoms with Crippen molar-refractivity contribution in [2.24, 2.45) is 5.10 Å². The maximum absolute atomic E-state index is 12.6. The first-order chi connectivity index (χ1) is 11.6. The van der Waals surface area contributed by atoms with E-state index < -0.39 is 0 Å². The van der Waals surface area contributed by atoms with Gasteiger partial charge in [-0.1, -0.05) is 41.5 Å². The van der Waals surface area contributed by atoms with E-state index in [0.717, 1.165) is 22.0 Å². The molecule has 2 heterocycles. The highest BCUT2D eigenvalue weighted by Gasteiger charge is 2.10. The second-order valence-electron chi connectivity index (χ2n) is 5.95. The molecule has 0 amide bonds. The number of rotatable bonds is 2. The Bertz CT molecular complexity index is 1130. The fourth-order valence-corrected chi connectivity index (χ4v) is 2.72. The Morgan fingerprint density at radius 1 is 1.08 bits per heavy atom. The van der Waals surface area contributed by atoms with Crippen LogP contribution in [0.3, 0.4) is 0 Å². The molecule has 4 aromatic rings. The fourth-order valence-electron chi connectivity index (χ4n) is 2.72. The summed E-state index contributed by atoms with van der Waals surface area (Å²) in [4.78, 5) is 20.2. The molecule has 1 N–H and O–H groups in total. The Balaban J connectivity index is 1.82. The number of nitrogens with one attached hydrogen (secondary N) is 1. The van der Waals surface area contributed by atoms with Gasteiger partial charge in [0.05, 0.1) is 6.21 Å². The molecular formula is C19H16N4O. The molecule has 0 radical (unpaired) electrons.